The lowest BCUT2D eigenvalue weighted by Gasteiger charge is -2.08. The smallest absolute Gasteiger partial charge is 0.306 e. The SMILES string of the molecule is CCCCCCCCCCCCOC(=O)CCSCC(Br)CCCC. The van der Waals surface area contributed by atoms with Crippen LogP contribution in [0.25, 0.3) is 0 Å². The van der Waals surface area contributed by atoms with Gasteiger partial charge in [0.15, 0.2) is 0 Å². The van der Waals surface area contributed by atoms with E-state index < -0.39 is 0 Å². The average molecular weight is 438 g/mol. The molecule has 0 aromatic heterocycles. The predicted octanol–water partition coefficient (Wildman–Crippen LogP) is 7.53. The van der Waals surface area contributed by atoms with E-state index in [9.17, 15) is 4.79 Å². The number of carbonyl (C=O) groups is 1. The third kappa shape index (κ3) is 20.5. The zero-order valence-corrected chi connectivity index (χ0v) is 19.1. The molecule has 0 aromatic rings. The molecular weight excluding hydrogens is 396 g/mol. The molecule has 0 bridgehead atoms. The number of ether oxygens (including phenoxy) is 1. The number of esters is 1. The summed E-state index contributed by atoms with van der Waals surface area (Å²) in [6, 6.07) is 0. The van der Waals surface area contributed by atoms with Gasteiger partial charge in [-0.1, -0.05) is 100 Å². The summed E-state index contributed by atoms with van der Waals surface area (Å²) in [4.78, 5) is 12.3. The first-order valence-corrected chi connectivity index (χ1v) is 12.6. The lowest BCUT2D eigenvalue weighted by atomic mass is 10.1. The summed E-state index contributed by atoms with van der Waals surface area (Å²) in [6.45, 7) is 5.09. The number of halogens is 1. The third-order valence-corrected chi connectivity index (χ3v) is 6.72. The largest absolute Gasteiger partial charge is 0.466 e. The molecule has 1 atom stereocenters. The van der Waals surface area contributed by atoms with Crippen molar-refractivity contribution < 1.29 is 9.53 Å². The van der Waals surface area contributed by atoms with Crippen LogP contribution in [0.2, 0.25) is 0 Å². The highest BCUT2D eigenvalue weighted by Gasteiger charge is 2.06. The van der Waals surface area contributed by atoms with Crippen molar-refractivity contribution in [2.24, 2.45) is 0 Å². The number of rotatable bonds is 19. The normalized spacial score (nSPS) is 12.3. The first-order valence-electron chi connectivity index (χ1n) is 10.6. The molecule has 0 heterocycles. The van der Waals surface area contributed by atoms with Crippen LogP contribution in [0.3, 0.4) is 0 Å². The van der Waals surface area contributed by atoms with Crippen molar-refractivity contribution in [3.8, 4) is 0 Å². The van der Waals surface area contributed by atoms with Gasteiger partial charge in [-0.05, 0) is 12.8 Å². The molecule has 0 saturated carbocycles. The maximum atomic E-state index is 11.7. The van der Waals surface area contributed by atoms with Gasteiger partial charge in [0, 0.05) is 16.3 Å². The van der Waals surface area contributed by atoms with E-state index in [1.165, 1.54) is 77.0 Å². The molecule has 0 radical (unpaired) electrons. The molecule has 4 heteroatoms. The van der Waals surface area contributed by atoms with E-state index in [1.54, 1.807) is 0 Å². The van der Waals surface area contributed by atoms with Gasteiger partial charge in [0.1, 0.15) is 0 Å². The molecule has 150 valence electrons. The Balaban J connectivity index is 3.23. The molecule has 25 heavy (non-hydrogen) atoms. The highest BCUT2D eigenvalue weighted by molar-refractivity contribution is 9.09. The predicted molar refractivity (Wildman–Crippen MR) is 117 cm³/mol. The quantitative estimate of drug-likeness (QED) is 0.119. The van der Waals surface area contributed by atoms with Crippen LogP contribution in [0.4, 0.5) is 0 Å². The van der Waals surface area contributed by atoms with Crippen LogP contribution >= 0.6 is 27.7 Å². The molecule has 2 nitrogen and oxygen atoms in total. The Labute approximate surface area is 169 Å². The standard InChI is InChI=1S/C21H41BrO2S/c1-3-5-7-8-9-10-11-12-13-14-17-24-21(23)16-18-25-19-20(22)15-6-4-2/h20H,3-19H2,1-2H3. The first kappa shape index (κ1) is 25.3. The molecular formula is C21H41BrO2S. The first-order chi connectivity index (χ1) is 12.2. The monoisotopic (exact) mass is 436 g/mol. The van der Waals surface area contributed by atoms with Gasteiger partial charge in [-0.2, -0.15) is 11.8 Å². The second-order valence-corrected chi connectivity index (χ2v) is 9.41. The van der Waals surface area contributed by atoms with E-state index in [0.717, 1.165) is 17.9 Å². The number of thioether (sulfide) groups is 1. The van der Waals surface area contributed by atoms with Crippen LogP contribution in [0.1, 0.15) is 104 Å². The number of alkyl halides is 1. The van der Waals surface area contributed by atoms with Gasteiger partial charge < -0.3 is 4.74 Å². The summed E-state index contributed by atoms with van der Waals surface area (Å²) in [5.74, 6) is 1.94. The lowest BCUT2D eigenvalue weighted by Crippen LogP contribution is -2.08. The van der Waals surface area contributed by atoms with Crippen LogP contribution < -0.4 is 0 Å². The molecule has 0 rings (SSSR count). The summed E-state index contributed by atoms with van der Waals surface area (Å²) < 4.78 is 5.32. The van der Waals surface area contributed by atoms with Crippen molar-refractivity contribution >= 4 is 33.7 Å². The van der Waals surface area contributed by atoms with Crippen molar-refractivity contribution in [1.82, 2.24) is 0 Å². The molecule has 0 fully saturated rings. The topological polar surface area (TPSA) is 26.3 Å². The van der Waals surface area contributed by atoms with E-state index >= 15 is 0 Å². The number of hydrogen-bond acceptors (Lipinski definition) is 3. The number of carbonyl (C=O) groups excluding carboxylic acids is 1. The van der Waals surface area contributed by atoms with Crippen LogP contribution in [-0.4, -0.2) is 28.9 Å². The number of hydrogen-bond donors (Lipinski definition) is 0. The van der Waals surface area contributed by atoms with E-state index in [0.29, 0.717) is 17.9 Å². The van der Waals surface area contributed by atoms with E-state index in [-0.39, 0.29) is 5.97 Å². The van der Waals surface area contributed by atoms with Crippen LogP contribution in [-0.2, 0) is 9.53 Å². The van der Waals surface area contributed by atoms with E-state index in [2.05, 4.69) is 29.8 Å². The molecule has 0 N–H and O–H groups in total. The fraction of sp³-hybridized carbons (Fsp3) is 0.952. The van der Waals surface area contributed by atoms with Crippen molar-refractivity contribution in [2.45, 2.75) is 109 Å². The molecule has 0 amide bonds. The maximum Gasteiger partial charge on any atom is 0.306 e. The second kappa shape index (κ2) is 20.6. The van der Waals surface area contributed by atoms with Crippen LogP contribution in [0.15, 0.2) is 0 Å². The van der Waals surface area contributed by atoms with Gasteiger partial charge in [0.05, 0.1) is 13.0 Å². The summed E-state index contributed by atoms with van der Waals surface area (Å²) in [7, 11) is 0. The zero-order valence-electron chi connectivity index (χ0n) is 16.7. The summed E-state index contributed by atoms with van der Waals surface area (Å²) in [5.41, 5.74) is 0. The van der Waals surface area contributed by atoms with Crippen LogP contribution in [0.5, 0.6) is 0 Å². The Hall–Kier alpha value is 0.300. The summed E-state index contributed by atoms with van der Waals surface area (Å²) in [6.07, 6.45) is 17.4. The van der Waals surface area contributed by atoms with Crippen molar-refractivity contribution in [3.63, 3.8) is 0 Å². The van der Waals surface area contributed by atoms with Crippen molar-refractivity contribution in [2.75, 3.05) is 18.1 Å². The minimum Gasteiger partial charge on any atom is -0.466 e. The summed E-state index contributed by atoms with van der Waals surface area (Å²) in [5, 5.41) is 0. The fourth-order valence-electron chi connectivity index (χ4n) is 2.72. The van der Waals surface area contributed by atoms with Gasteiger partial charge in [0.2, 0.25) is 0 Å². The molecule has 0 aliphatic carbocycles. The molecule has 0 saturated heterocycles. The van der Waals surface area contributed by atoms with Gasteiger partial charge in [-0.25, -0.2) is 0 Å². The molecule has 0 spiro atoms. The Bertz CT molecular complexity index is 287. The highest BCUT2D eigenvalue weighted by Crippen LogP contribution is 2.17. The lowest BCUT2D eigenvalue weighted by molar-refractivity contribution is -0.143. The van der Waals surface area contributed by atoms with E-state index in [1.807, 2.05) is 11.8 Å². The minimum absolute atomic E-state index is 0.0249. The Kier molecular flexibility index (Phi) is 20.9. The highest BCUT2D eigenvalue weighted by atomic mass is 79.9. The van der Waals surface area contributed by atoms with E-state index in [4.69, 9.17) is 4.74 Å². The van der Waals surface area contributed by atoms with Gasteiger partial charge in [-0.3, -0.25) is 4.79 Å². The summed E-state index contributed by atoms with van der Waals surface area (Å²) >= 11 is 5.55. The van der Waals surface area contributed by atoms with Gasteiger partial charge in [0.25, 0.3) is 0 Å². The molecule has 1 unspecified atom stereocenters. The minimum atomic E-state index is -0.0249. The average Bonchev–Trinajstić information content (AvgIpc) is 2.61. The zero-order chi connectivity index (χ0) is 18.6. The van der Waals surface area contributed by atoms with Crippen molar-refractivity contribution in [3.05, 3.63) is 0 Å². The number of unbranched alkanes of at least 4 members (excludes halogenated alkanes) is 10. The van der Waals surface area contributed by atoms with Gasteiger partial charge in [-0.15, -0.1) is 0 Å². The molecule has 0 aliphatic rings. The molecule has 0 aromatic carbocycles. The second-order valence-electron chi connectivity index (χ2n) is 6.97. The Morgan fingerprint density at radius 1 is 0.880 bits per heavy atom. The van der Waals surface area contributed by atoms with Crippen LogP contribution in [0, 0.1) is 0 Å². The molecule has 0 aliphatic heterocycles. The third-order valence-electron chi connectivity index (χ3n) is 4.38. The Morgan fingerprint density at radius 3 is 2.04 bits per heavy atom. The Morgan fingerprint density at radius 2 is 1.44 bits per heavy atom. The maximum absolute atomic E-state index is 11.7. The fourth-order valence-corrected chi connectivity index (χ4v) is 4.51. The van der Waals surface area contributed by atoms with Gasteiger partial charge >= 0.3 is 5.97 Å². The van der Waals surface area contributed by atoms with Crippen molar-refractivity contribution in [1.29, 1.82) is 0 Å².